The maximum absolute atomic E-state index is 4.39. The molecular weight excluding hydrogens is 340 g/mol. The number of hydrogen-bond donors (Lipinski definition) is 0. The fraction of sp³-hybridized carbons (Fsp3) is 0.0769. The van der Waals surface area contributed by atoms with Crippen LogP contribution in [-0.4, -0.2) is 5.10 Å². The Bertz CT molecular complexity index is 1340. The van der Waals surface area contributed by atoms with Crippen molar-refractivity contribution in [2.24, 2.45) is 7.05 Å². The van der Waals surface area contributed by atoms with Crippen LogP contribution < -0.4 is 4.68 Å². The molecule has 0 spiro atoms. The fourth-order valence-corrected chi connectivity index (χ4v) is 3.97. The van der Waals surface area contributed by atoms with Gasteiger partial charge in [0, 0.05) is 6.07 Å². The maximum Gasteiger partial charge on any atom is 0.239 e. The summed E-state index contributed by atoms with van der Waals surface area (Å²) in [5, 5.41) is 9.53. The van der Waals surface area contributed by atoms with E-state index in [1.54, 1.807) is 0 Å². The molecule has 2 heteroatoms. The summed E-state index contributed by atoms with van der Waals surface area (Å²) < 4.78 is 1.93. The van der Waals surface area contributed by atoms with E-state index in [0.29, 0.717) is 0 Å². The zero-order valence-electron chi connectivity index (χ0n) is 16.1. The standard InChI is InChI=1S/C26H21N2/c1-18-9-10-21(16-24(18)26-8-5-15-27-28(26)2)22-14-13-20-12-11-19-6-3-4-7-23(19)25(20)17-22/h3-17H,1-2H3/q+1. The molecule has 4 aromatic carbocycles. The first kappa shape index (κ1) is 16.6. The van der Waals surface area contributed by atoms with E-state index in [0.717, 1.165) is 5.69 Å². The Morgan fingerprint density at radius 1 is 0.679 bits per heavy atom. The van der Waals surface area contributed by atoms with Gasteiger partial charge in [0.15, 0.2) is 7.05 Å². The number of aryl methyl sites for hydroxylation is 2. The second kappa shape index (κ2) is 6.58. The van der Waals surface area contributed by atoms with Crippen LogP contribution in [0.5, 0.6) is 0 Å². The van der Waals surface area contributed by atoms with Crippen molar-refractivity contribution in [1.29, 1.82) is 0 Å². The zero-order chi connectivity index (χ0) is 19.1. The highest BCUT2D eigenvalue weighted by Crippen LogP contribution is 2.32. The molecule has 0 atom stereocenters. The van der Waals surface area contributed by atoms with Crippen LogP contribution in [-0.2, 0) is 7.05 Å². The molecule has 0 bridgehead atoms. The molecule has 0 unspecified atom stereocenters. The van der Waals surface area contributed by atoms with Crippen molar-refractivity contribution in [2.45, 2.75) is 6.92 Å². The second-order valence-electron chi connectivity index (χ2n) is 7.28. The van der Waals surface area contributed by atoms with Crippen molar-refractivity contribution in [1.82, 2.24) is 5.10 Å². The van der Waals surface area contributed by atoms with Gasteiger partial charge in [-0.25, -0.2) is 0 Å². The minimum atomic E-state index is 1.12. The van der Waals surface area contributed by atoms with Crippen molar-refractivity contribution in [3.8, 4) is 22.4 Å². The molecule has 0 saturated carbocycles. The van der Waals surface area contributed by atoms with Gasteiger partial charge in [0.25, 0.3) is 0 Å². The Balaban J connectivity index is 1.71. The summed E-state index contributed by atoms with van der Waals surface area (Å²) in [7, 11) is 1.99. The summed E-state index contributed by atoms with van der Waals surface area (Å²) >= 11 is 0. The number of nitrogens with zero attached hydrogens (tertiary/aromatic N) is 2. The lowest BCUT2D eigenvalue weighted by molar-refractivity contribution is -0.720. The van der Waals surface area contributed by atoms with Crippen molar-refractivity contribution in [2.75, 3.05) is 0 Å². The molecule has 0 N–H and O–H groups in total. The molecule has 0 aliphatic rings. The van der Waals surface area contributed by atoms with Gasteiger partial charge < -0.3 is 0 Å². The lowest BCUT2D eigenvalue weighted by Crippen LogP contribution is -2.35. The minimum absolute atomic E-state index is 1.12. The largest absolute Gasteiger partial charge is 0.239 e. The van der Waals surface area contributed by atoms with Crippen LogP contribution in [0.1, 0.15) is 5.56 Å². The van der Waals surface area contributed by atoms with Gasteiger partial charge in [-0.1, -0.05) is 65.3 Å². The molecule has 0 saturated heterocycles. The van der Waals surface area contributed by atoms with Gasteiger partial charge in [0.05, 0.1) is 11.8 Å². The average Bonchev–Trinajstić information content (AvgIpc) is 2.74. The monoisotopic (exact) mass is 361 g/mol. The van der Waals surface area contributed by atoms with E-state index < -0.39 is 0 Å². The summed E-state index contributed by atoms with van der Waals surface area (Å²) in [5.74, 6) is 0. The zero-order valence-corrected chi connectivity index (χ0v) is 16.1. The quantitative estimate of drug-likeness (QED) is 0.284. The van der Waals surface area contributed by atoms with E-state index in [9.17, 15) is 0 Å². The van der Waals surface area contributed by atoms with Crippen LogP contribution in [0.15, 0.2) is 91.1 Å². The molecular formula is C26H21N2+. The smallest absolute Gasteiger partial charge is 0.0865 e. The van der Waals surface area contributed by atoms with Gasteiger partial charge in [0.2, 0.25) is 5.69 Å². The first-order valence-corrected chi connectivity index (χ1v) is 9.55. The molecule has 2 nitrogen and oxygen atoms in total. The molecule has 134 valence electrons. The van der Waals surface area contributed by atoms with Gasteiger partial charge in [0.1, 0.15) is 0 Å². The number of hydrogen-bond acceptors (Lipinski definition) is 1. The number of rotatable bonds is 2. The average molecular weight is 361 g/mol. The molecule has 0 amide bonds. The topological polar surface area (TPSA) is 16.8 Å². The number of benzene rings is 4. The van der Waals surface area contributed by atoms with Crippen molar-refractivity contribution in [3.63, 3.8) is 0 Å². The predicted molar refractivity (Wildman–Crippen MR) is 116 cm³/mol. The Kier molecular flexibility index (Phi) is 3.91. The molecule has 5 aromatic rings. The number of aromatic nitrogens is 2. The third-order valence-corrected chi connectivity index (χ3v) is 5.52. The van der Waals surface area contributed by atoms with E-state index in [-0.39, 0.29) is 0 Å². The van der Waals surface area contributed by atoms with E-state index in [1.165, 1.54) is 43.8 Å². The molecule has 0 aliphatic carbocycles. The Morgan fingerprint density at radius 3 is 2.25 bits per heavy atom. The van der Waals surface area contributed by atoms with Gasteiger partial charge in [-0.2, -0.15) is 0 Å². The van der Waals surface area contributed by atoms with Crippen LogP contribution in [0, 0.1) is 6.92 Å². The van der Waals surface area contributed by atoms with E-state index in [1.807, 2.05) is 24.0 Å². The lowest BCUT2D eigenvalue weighted by atomic mass is 9.94. The first-order valence-electron chi connectivity index (χ1n) is 9.55. The molecule has 5 rings (SSSR count). The lowest BCUT2D eigenvalue weighted by Gasteiger charge is -2.10. The normalized spacial score (nSPS) is 11.2. The Morgan fingerprint density at radius 2 is 1.39 bits per heavy atom. The van der Waals surface area contributed by atoms with E-state index in [4.69, 9.17) is 0 Å². The van der Waals surface area contributed by atoms with Crippen LogP contribution in [0.25, 0.3) is 43.9 Å². The van der Waals surface area contributed by atoms with Crippen LogP contribution in [0.4, 0.5) is 0 Å². The Labute approximate surface area is 164 Å². The SMILES string of the molecule is Cc1ccc(-c2ccc3ccc4ccccc4c3c2)cc1-c1cccn[n+]1C. The summed E-state index contributed by atoms with van der Waals surface area (Å²) in [6.07, 6.45) is 1.82. The fourth-order valence-electron chi connectivity index (χ4n) is 3.97. The van der Waals surface area contributed by atoms with Crippen molar-refractivity contribution >= 4 is 21.5 Å². The molecule has 0 aliphatic heterocycles. The van der Waals surface area contributed by atoms with Gasteiger partial charge in [-0.05, 0) is 68.5 Å². The van der Waals surface area contributed by atoms with E-state index >= 15 is 0 Å². The summed E-state index contributed by atoms with van der Waals surface area (Å²) in [6, 6.07) is 30.5. The highest BCUT2D eigenvalue weighted by atomic mass is 15.2. The summed E-state index contributed by atoms with van der Waals surface area (Å²) in [6.45, 7) is 2.15. The molecule has 28 heavy (non-hydrogen) atoms. The summed E-state index contributed by atoms with van der Waals surface area (Å²) in [4.78, 5) is 0. The molecule has 0 fully saturated rings. The van der Waals surface area contributed by atoms with Crippen LogP contribution in [0.3, 0.4) is 0 Å². The Hall–Kier alpha value is -3.52. The molecule has 1 heterocycles. The van der Waals surface area contributed by atoms with Gasteiger partial charge >= 0.3 is 0 Å². The van der Waals surface area contributed by atoms with E-state index in [2.05, 4.69) is 90.9 Å². The van der Waals surface area contributed by atoms with Crippen LogP contribution >= 0.6 is 0 Å². The second-order valence-corrected chi connectivity index (χ2v) is 7.28. The van der Waals surface area contributed by atoms with Crippen molar-refractivity contribution < 1.29 is 4.68 Å². The molecule has 0 radical (unpaired) electrons. The minimum Gasteiger partial charge on any atom is -0.0865 e. The van der Waals surface area contributed by atoms with Crippen LogP contribution in [0.2, 0.25) is 0 Å². The van der Waals surface area contributed by atoms with Gasteiger partial charge in [-0.15, -0.1) is 0 Å². The maximum atomic E-state index is 4.39. The summed E-state index contributed by atoms with van der Waals surface area (Å²) in [5.41, 5.74) is 6.04. The highest BCUT2D eigenvalue weighted by molar-refractivity contribution is 6.08. The first-order chi connectivity index (χ1) is 13.7. The van der Waals surface area contributed by atoms with Crippen molar-refractivity contribution in [3.05, 3.63) is 96.7 Å². The van der Waals surface area contributed by atoms with Gasteiger partial charge in [-0.3, -0.25) is 0 Å². The third-order valence-electron chi connectivity index (χ3n) is 5.52. The predicted octanol–water partition coefficient (Wildman–Crippen LogP) is 5.85. The molecule has 1 aromatic heterocycles. The number of fused-ring (bicyclic) bond motifs is 3. The highest BCUT2D eigenvalue weighted by Gasteiger charge is 2.14. The third kappa shape index (κ3) is 2.74.